The summed E-state index contributed by atoms with van der Waals surface area (Å²) in [6, 6.07) is 10.5. The van der Waals surface area contributed by atoms with Crippen molar-refractivity contribution in [1.29, 1.82) is 0 Å². The summed E-state index contributed by atoms with van der Waals surface area (Å²) in [6.45, 7) is 7.37. The summed E-state index contributed by atoms with van der Waals surface area (Å²) in [5.74, 6) is 0. The van der Waals surface area contributed by atoms with Crippen molar-refractivity contribution in [3.8, 4) is 0 Å². The smallest absolute Gasteiger partial charge is 0.251 e. The first kappa shape index (κ1) is 16.6. The van der Waals surface area contributed by atoms with Crippen LogP contribution in [0, 0.1) is 0 Å². The van der Waals surface area contributed by atoms with Crippen LogP contribution < -0.4 is 5.30 Å². The van der Waals surface area contributed by atoms with Gasteiger partial charge in [-0.2, -0.15) is 0 Å². The van der Waals surface area contributed by atoms with Crippen molar-refractivity contribution in [2.24, 2.45) is 0 Å². The zero-order valence-electron chi connectivity index (χ0n) is 11.0. The maximum Gasteiger partial charge on any atom is 0.251 e. The van der Waals surface area contributed by atoms with E-state index in [1.54, 1.807) is 11.0 Å². The molecule has 6 heteroatoms. The molecule has 0 aromatic heterocycles. The van der Waals surface area contributed by atoms with E-state index in [1.807, 2.05) is 19.9 Å². The standard InChI is InChI=1S/C12H20O2P2S2/c1-4-13-16(17,14-5-2)18-15(6-3)12-10-8-7-9-11-12/h7-11H,4-6H2,1-3H3. The van der Waals surface area contributed by atoms with Gasteiger partial charge >= 0.3 is 0 Å². The van der Waals surface area contributed by atoms with E-state index in [1.165, 1.54) is 5.30 Å². The molecule has 102 valence electrons. The van der Waals surface area contributed by atoms with Crippen molar-refractivity contribution in [2.45, 2.75) is 20.8 Å². The van der Waals surface area contributed by atoms with Crippen LogP contribution in [0.15, 0.2) is 30.3 Å². The van der Waals surface area contributed by atoms with E-state index in [9.17, 15) is 0 Å². The van der Waals surface area contributed by atoms with Crippen molar-refractivity contribution < 1.29 is 9.05 Å². The van der Waals surface area contributed by atoms with Crippen molar-refractivity contribution in [1.82, 2.24) is 0 Å². The van der Waals surface area contributed by atoms with Crippen LogP contribution in [0.1, 0.15) is 20.8 Å². The summed E-state index contributed by atoms with van der Waals surface area (Å²) >= 11 is 7.33. The van der Waals surface area contributed by atoms with Crippen LogP contribution in [0.25, 0.3) is 0 Å². The highest BCUT2D eigenvalue weighted by atomic mass is 33.2. The van der Waals surface area contributed by atoms with Gasteiger partial charge in [0.05, 0.1) is 13.2 Å². The van der Waals surface area contributed by atoms with Gasteiger partial charge in [0.2, 0.25) is 0 Å². The SMILES string of the molecule is CCOP(=S)(OCC)SP(CC)c1ccccc1. The van der Waals surface area contributed by atoms with Gasteiger partial charge in [0.15, 0.2) is 0 Å². The van der Waals surface area contributed by atoms with E-state index in [4.69, 9.17) is 20.9 Å². The van der Waals surface area contributed by atoms with Crippen LogP contribution in [0.5, 0.6) is 0 Å². The van der Waals surface area contributed by atoms with E-state index in [0.29, 0.717) is 13.2 Å². The van der Waals surface area contributed by atoms with Gasteiger partial charge in [0, 0.05) is 0 Å². The summed E-state index contributed by atoms with van der Waals surface area (Å²) in [4.78, 5) is 0. The van der Waals surface area contributed by atoms with Crippen molar-refractivity contribution in [2.75, 3.05) is 19.4 Å². The first-order chi connectivity index (χ1) is 8.65. The molecule has 1 atom stereocenters. The maximum atomic E-state index is 5.71. The Bertz CT molecular complexity index is 377. The second kappa shape index (κ2) is 8.68. The lowest BCUT2D eigenvalue weighted by molar-refractivity contribution is 0.281. The minimum Gasteiger partial charge on any atom is -0.322 e. The summed E-state index contributed by atoms with van der Waals surface area (Å²) in [5.41, 5.74) is -2.18. The summed E-state index contributed by atoms with van der Waals surface area (Å²) in [6.07, 6.45) is 1.09. The van der Waals surface area contributed by atoms with Gasteiger partial charge in [0.1, 0.15) is 0 Å². The topological polar surface area (TPSA) is 18.5 Å². The molecule has 0 fully saturated rings. The Kier molecular flexibility index (Phi) is 8.02. The average molecular weight is 322 g/mol. The Morgan fingerprint density at radius 3 is 2.11 bits per heavy atom. The first-order valence-electron chi connectivity index (χ1n) is 6.06. The second-order valence-corrected chi connectivity index (χ2v) is 13.7. The molecule has 1 aromatic rings. The molecule has 1 rings (SSSR count). The third-order valence-corrected chi connectivity index (χ3v) is 14.3. The lowest BCUT2D eigenvalue weighted by Crippen LogP contribution is -2.00. The lowest BCUT2D eigenvalue weighted by Gasteiger charge is -2.25. The molecular formula is C12H20O2P2S2. The van der Waals surface area contributed by atoms with Crippen molar-refractivity contribution in [3.63, 3.8) is 0 Å². The predicted molar refractivity (Wildman–Crippen MR) is 88.7 cm³/mol. The summed E-state index contributed by atoms with van der Waals surface area (Å²) < 4.78 is 11.4. The van der Waals surface area contributed by atoms with Gasteiger partial charge in [-0.15, -0.1) is 0 Å². The fraction of sp³-hybridized carbons (Fsp3) is 0.500. The van der Waals surface area contributed by atoms with Gasteiger partial charge in [-0.05, 0) is 55.2 Å². The Morgan fingerprint density at radius 2 is 1.67 bits per heavy atom. The van der Waals surface area contributed by atoms with Gasteiger partial charge in [-0.1, -0.05) is 37.3 Å². The highest BCUT2D eigenvalue weighted by Gasteiger charge is 2.25. The van der Waals surface area contributed by atoms with E-state index < -0.39 is 5.69 Å². The molecule has 0 aliphatic rings. The molecule has 0 aliphatic carbocycles. The lowest BCUT2D eigenvalue weighted by atomic mass is 10.4. The number of hydrogen-bond acceptors (Lipinski definition) is 4. The summed E-state index contributed by atoms with van der Waals surface area (Å²) in [7, 11) is -0.353. The van der Waals surface area contributed by atoms with Gasteiger partial charge < -0.3 is 9.05 Å². The number of hydrogen-bond donors (Lipinski definition) is 0. The Morgan fingerprint density at radius 1 is 1.11 bits per heavy atom. The molecule has 0 amide bonds. The number of rotatable bonds is 8. The monoisotopic (exact) mass is 322 g/mol. The fourth-order valence-electron chi connectivity index (χ4n) is 1.40. The maximum absolute atomic E-state index is 5.71. The molecule has 0 spiro atoms. The first-order valence-corrected chi connectivity index (χ1v) is 12.3. The van der Waals surface area contributed by atoms with Crippen LogP contribution in [0.3, 0.4) is 0 Å². The number of benzene rings is 1. The molecule has 0 bridgehead atoms. The minimum absolute atomic E-state index is 0.353. The molecule has 2 nitrogen and oxygen atoms in total. The van der Waals surface area contributed by atoms with Gasteiger partial charge in [-0.3, -0.25) is 0 Å². The molecule has 0 radical (unpaired) electrons. The van der Waals surface area contributed by atoms with Crippen LogP contribution in [0.4, 0.5) is 0 Å². The third-order valence-electron chi connectivity index (χ3n) is 2.10. The molecule has 18 heavy (non-hydrogen) atoms. The van der Waals surface area contributed by atoms with Crippen LogP contribution in [-0.4, -0.2) is 19.4 Å². The van der Waals surface area contributed by atoms with E-state index in [-0.39, 0.29) is 7.12 Å². The van der Waals surface area contributed by atoms with E-state index >= 15 is 0 Å². The fourth-order valence-corrected chi connectivity index (χ4v) is 13.9. The van der Waals surface area contributed by atoms with E-state index in [2.05, 4.69) is 31.2 Å². The summed E-state index contributed by atoms with van der Waals surface area (Å²) in [5, 5.41) is 1.36. The van der Waals surface area contributed by atoms with Crippen LogP contribution >= 0.6 is 23.8 Å². The molecule has 0 aliphatic heterocycles. The minimum atomic E-state index is -2.18. The van der Waals surface area contributed by atoms with Crippen molar-refractivity contribution >= 4 is 40.9 Å². The highest BCUT2D eigenvalue weighted by Crippen LogP contribution is 2.73. The van der Waals surface area contributed by atoms with Crippen molar-refractivity contribution in [3.05, 3.63) is 30.3 Å². The second-order valence-electron chi connectivity index (χ2n) is 3.39. The molecule has 1 aromatic carbocycles. The molecule has 1 unspecified atom stereocenters. The zero-order chi connectivity index (χ0) is 13.4. The van der Waals surface area contributed by atoms with Crippen LogP contribution in [-0.2, 0) is 20.9 Å². The normalized spacial score (nSPS) is 13.5. The van der Waals surface area contributed by atoms with Gasteiger partial charge in [-0.25, -0.2) is 0 Å². The Balaban J connectivity index is 2.80. The predicted octanol–water partition coefficient (Wildman–Crippen LogP) is 4.76. The Hall–Kier alpha value is 0.570. The molecular weight excluding hydrogens is 302 g/mol. The highest BCUT2D eigenvalue weighted by molar-refractivity contribution is 8.92. The molecule has 0 saturated heterocycles. The average Bonchev–Trinajstić information content (AvgIpc) is 2.38. The van der Waals surface area contributed by atoms with Crippen LogP contribution in [0.2, 0.25) is 0 Å². The largest absolute Gasteiger partial charge is 0.322 e. The quantitative estimate of drug-likeness (QED) is 0.642. The zero-order valence-corrected chi connectivity index (χ0v) is 14.5. The molecule has 0 saturated carbocycles. The van der Waals surface area contributed by atoms with Gasteiger partial charge in [0.25, 0.3) is 5.69 Å². The van der Waals surface area contributed by atoms with E-state index in [0.717, 1.165) is 6.16 Å². The molecule has 0 N–H and O–H groups in total. The molecule has 0 heterocycles. The Labute approximate surface area is 120 Å². The third kappa shape index (κ3) is 5.28.